The summed E-state index contributed by atoms with van der Waals surface area (Å²) in [6, 6.07) is 2.26. The molecule has 1 heterocycles. The van der Waals surface area contributed by atoms with Crippen molar-refractivity contribution >= 4 is 38.2 Å². The lowest BCUT2D eigenvalue weighted by molar-refractivity contribution is -0.115. The number of rotatable bonds is 3. The van der Waals surface area contributed by atoms with Gasteiger partial charge in [-0.25, -0.2) is 0 Å². The van der Waals surface area contributed by atoms with Crippen LogP contribution in [0.1, 0.15) is 41.7 Å². The average Bonchev–Trinajstić information content (AvgIpc) is 2.52. The summed E-state index contributed by atoms with van der Waals surface area (Å²) >= 11 is 4.83. The van der Waals surface area contributed by atoms with Crippen LogP contribution in [0.15, 0.2) is 0 Å². The second kappa shape index (κ2) is 6.35. The van der Waals surface area contributed by atoms with Gasteiger partial charge in [-0.2, -0.15) is 5.26 Å². The Hall–Kier alpha value is -0.860. The van der Waals surface area contributed by atoms with Crippen molar-refractivity contribution in [3.63, 3.8) is 0 Å². The summed E-state index contributed by atoms with van der Waals surface area (Å²) in [4.78, 5) is 12.9. The standard InChI is InChI=1S/C13H15BrN2OS/c14-7-6-12(17)16-13-10(8-15)9-4-2-1-3-5-11(9)18-13/h1-7H2,(H,16,17). The Kier molecular flexibility index (Phi) is 4.79. The number of thiophene rings is 1. The molecule has 1 aliphatic rings. The van der Waals surface area contributed by atoms with Gasteiger partial charge in [0.05, 0.1) is 5.56 Å². The molecule has 1 aromatic rings. The van der Waals surface area contributed by atoms with Crippen LogP contribution in [-0.4, -0.2) is 11.2 Å². The molecule has 0 fully saturated rings. The van der Waals surface area contributed by atoms with Crippen LogP contribution in [0.5, 0.6) is 0 Å². The van der Waals surface area contributed by atoms with Gasteiger partial charge >= 0.3 is 0 Å². The summed E-state index contributed by atoms with van der Waals surface area (Å²) in [5.74, 6) is -0.0280. The lowest BCUT2D eigenvalue weighted by Gasteiger charge is -2.02. The highest BCUT2D eigenvalue weighted by Gasteiger charge is 2.20. The lowest BCUT2D eigenvalue weighted by atomic mass is 10.1. The monoisotopic (exact) mass is 326 g/mol. The number of nitrogens with zero attached hydrogens (tertiary/aromatic N) is 1. The van der Waals surface area contributed by atoms with Crippen molar-refractivity contribution in [3.05, 3.63) is 16.0 Å². The molecule has 0 saturated carbocycles. The smallest absolute Gasteiger partial charge is 0.225 e. The summed E-state index contributed by atoms with van der Waals surface area (Å²) < 4.78 is 0. The molecule has 1 aromatic heterocycles. The van der Waals surface area contributed by atoms with Crippen LogP contribution in [0.25, 0.3) is 0 Å². The van der Waals surface area contributed by atoms with Gasteiger partial charge in [-0.1, -0.05) is 22.4 Å². The van der Waals surface area contributed by atoms with Gasteiger partial charge in [0.2, 0.25) is 5.91 Å². The molecule has 0 saturated heterocycles. The van der Waals surface area contributed by atoms with E-state index in [0.717, 1.165) is 24.3 Å². The highest BCUT2D eigenvalue weighted by atomic mass is 79.9. The molecule has 0 unspecified atom stereocenters. The molecule has 96 valence electrons. The van der Waals surface area contributed by atoms with E-state index in [1.54, 1.807) is 11.3 Å². The van der Waals surface area contributed by atoms with Crippen LogP contribution in [0, 0.1) is 11.3 Å². The van der Waals surface area contributed by atoms with E-state index in [9.17, 15) is 10.1 Å². The van der Waals surface area contributed by atoms with E-state index in [2.05, 4.69) is 27.3 Å². The number of aryl methyl sites for hydroxylation is 1. The Labute approximate surface area is 119 Å². The normalized spacial score (nSPS) is 14.4. The third kappa shape index (κ3) is 2.93. The average molecular weight is 327 g/mol. The highest BCUT2D eigenvalue weighted by Crippen LogP contribution is 2.36. The van der Waals surface area contributed by atoms with E-state index in [-0.39, 0.29) is 5.91 Å². The molecule has 0 atom stereocenters. The third-order valence-electron chi connectivity index (χ3n) is 3.11. The molecule has 0 spiro atoms. The van der Waals surface area contributed by atoms with E-state index in [1.807, 2.05) is 0 Å². The van der Waals surface area contributed by atoms with Crippen LogP contribution in [0.2, 0.25) is 0 Å². The number of nitriles is 1. The molecular weight excluding hydrogens is 312 g/mol. The van der Waals surface area contributed by atoms with Crippen LogP contribution in [-0.2, 0) is 17.6 Å². The molecular formula is C13H15BrN2OS. The Bertz CT molecular complexity index is 490. The van der Waals surface area contributed by atoms with Gasteiger partial charge in [0.25, 0.3) is 0 Å². The molecule has 1 amide bonds. The van der Waals surface area contributed by atoms with Crippen LogP contribution >= 0.6 is 27.3 Å². The molecule has 1 N–H and O–H groups in total. The van der Waals surface area contributed by atoms with E-state index in [4.69, 9.17) is 0 Å². The first-order valence-corrected chi connectivity index (χ1v) is 8.10. The van der Waals surface area contributed by atoms with Gasteiger partial charge in [-0.3, -0.25) is 4.79 Å². The molecule has 0 radical (unpaired) electrons. The number of halogens is 1. The highest BCUT2D eigenvalue weighted by molar-refractivity contribution is 9.09. The minimum Gasteiger partial charge on any atom is -0.317 e. The maximum Gasteiger partial charge on any atom is 0.225 e. The second-order valence-corrected chi connectivity index (χ2v) is 6.27. The number of nitrogens with one attached hydrogen (secondary N) is 1. The lowest BCUT2D eigenvalue weighted by Crippen LogP contribution is -2.11. The number of carbonyl (C=O) groups is 1. The van der Waals surface area contributed by atoms with Crippen molar-refractivity contribution in [1.82, 2.24) is 0 Å². The fourth-order valence-corrected chi connectivity index (χ4v) is 3.84. The van der Waals surface area contributed by atoms with Crippen molar-refractivity contribution in [1.29, 1.82) is 5.26 Å². The largest absolute Gasteiger partial charge is 0.317 e. The molecule has 2 rings (SSSR count). The fourth-order valence-electron chi connectivity index (χ4n) is 2.22. The third-order valence-corrected chi connectivity index (χ3v) is 4.71. The summed E-state index contributed by atoms with van der Waals surface area (Å²) in [5, 5.41) is 13.6. The topological polar surface area (TPSA) is 52.9 Å². The van der Waals surface area contributed by atoms with Gasteiger partial charge in [0, 0.05) is 16.6 Å². The molecule has 18 heavy (non-hydrogen) atoms. The first-order valence-electron chi connectivity index (χ1n) is 6.16. The molecule has 3 nitrogen and oxygen atoms in total. The summed E-state index contributed by atoms with van der Waals surface area (Å²) in [7, 11) is 0. The maximum absolute atomic E-state index is 11.6. The van der Waals surface area contributed by atoms with E-state index < -0.39 is 0 Å². The molecule has 0 aliphatic heterocycles. The van der Waals surface area contributed by atoms with Crippen LogP contribution in [0.3, 0.4) is 0 Å². The first kappa shape index (κ1) is 13.6. The Morgan fingerprint density at radius 2 is 2.17 bits per heavy atom. The SMILES string of the molecule is N#Cc1c(NC(=O)CCBr)sc2c1CCCCC2. The Morgan fingerprint density at radius 3 is 2.89 bits per heavy atom. The van der Waals surface area contributed by atoms with Crippen molar-refractivity contribution in [3.8, 4) is 6.07 Å². The van der Waals surface area contributed by atoms with E-state index >= 15 is 0 Å². The maximum atomic E-state index is 11.6. The number of hydrogen-bond acceptors (Lipinski definition) is 3. The first-order chi connectivity index (χ1) is 8.76. The minimum absolute atomic E-state index is 0.0280. The van der Waals surface area contributed by atoms with E-state index in [0.29, 0.717) is 17.3 Å². The van der Waals surface area contributed by atoms with Gasteiger partial charge in [-0.05, 0) is 31.2 Å². The van der Waals surface area contributed by atoms with Gasteiger partial charge in [0.1, 0.15) is 11.1 Å². The van der Waals surface area contributed by atoms with Crippen LogP contribution < -0.4 is 5.32 Å². The predicted octanol–water partition coefficient (Wildman–Crippen LogP) is 3.61. The number of amides is 1. The number of fused-ring (bicyclic) bond motifs is 1. The van der Waals surface area contributed by atoms with Crippen molar-refractivity contribution in [2.45, 2.75) is 38.5 Å². The van der Waals surface area contributed by atoms with Crippen molar-refractivity contribution < 1.29 is 4.79 Å². The molecule has 0 aromatic carbocycles. The predicted molar refractivity (Wildman–Crippen MR) is 77.3 cm³/mol. The van der Waals surface area contributed by atoms with Gasteiger partial charge < -0.3 is 5.32 Å². The van der Waals surface area contributed by atoms with Gasteiger partial charge in [-0.15, -0.1) is 11.3 Å². The summed E-state index contributed by atoms with van der Waals surface area (Å²) in [5.41, 5.74) is 1.87. The molecule has 1 aliphatic carbocycles. The fraction of sp³-hybridized carbons (Fsp3) is 0.538. The van der Waals surface area contributed by atoms with Crippen molar-refractivity contribution in [2.75, 3.05) is 10.6 Å². The number of carbonyl (C=O) groups excluding carboxylic acids is 1. The van der Waals surface area contributed by atoms with Gasteiger partial charge in [0.15, 0.2) is 0 Å². The van der Waals surface area contributed by atoms with E-state index in [1.165, 1.54) is 23.3 Å². The zero-order valence-electron chi connectivity index (χ0n) is 10.1. The summed E-state index contributed by atoms with van der Waals surface area (Å²) in [6.45, 7) is 0. The number of hydrogen-bond donors (Lipinski definition) is 1. The Balaban J connectivity index is 2.26. The zero-order valence-corrected chi connectivity index (χ0v) is 12.5. The van der Waals surface area contributed by atoms with Crippen LogP contribution in [0.4, 0.5) is 5.00 Å². The quantitative estimate of drug-likeness (QED) is 0.681. The van der Waals surface area contributed by atoms with Crippen molar-refractivity contribution in [2.24, 2.45) is 0 Å². The molecule has 5 heteroatoms. The summed E-state index contributed by atoms with van der Waals surface area (Å²) in [6.07, 6.45) is 6.03. The minimum atomic E-state index is -0.0280. The second-order valence-electron chi connectivity index (χ2n) is 4.37. The Morgan fingerprint density at radius 1 is 1.39 bits per heavy atom. The number of anilines is 1. The molecule has 0 bridgehead atoms. The zero-order chi connectivity index (χ0) is 13.0. The number of alkyl halides is 1.